The van der Waals surface area contributed by atoms with Gasteiger partial charge in [0.25, 0.3) is 0 Å². The van der Waals surface area contributed by atoms with Crippen LogP contribution < -0.4 is 9.47 Å². The molecule has 2 N–H and O–H groups in total. The molecule has 1 heterocycles. The van der Waals surface area contributed by atoms with Gasteiger partial charge in [0.1, 0.15) is 28.8 Å². The molecule has 35 heavy (non-hydrogen) atoms. The van der Waals surface area contributed by atoms with Gasteiger partial charge >= 0.3 is 6.36 Å². The van der Waals surface area contributed by atoms with E-state index in [0.717, 1.165) is 11.1 Å². The van der Waals surface area contributed by atoms with Crippen molar-refractivity contribution in [3.63, 3.8) is 0 Å². The molecule has 1 aliphatic heterocycles. The minimum Gasteiger partial charge on any atom is -0.507 e. The first kappa shape index (κ1) is 26.1. The van der Waals surface area contributed by atoms with Crippen molar-refractivity contribution in [1.29, 1.82) is 0 Å². The summed E-state index contributed by atoms with van der Waals surface area (Å²) in [5.74, 6) is 0.506. The molecule has 0 fully saturated rings. The third kappa shape index (κ3) is 6.12. The first-order valence-corrected chi connectivity index (χ1v) is 11.1. The highest BCUT2D eigenvalue weighted by Gasteiger charge is 2.33. The second-order valence-electron chi connectivity index (χ2n) is 8.74. The van der Waals surface area contributed by atoms with Crippen LogP contribution in [-0.2, 0) is 24.0 Å². The lowest BCUT2D eigenvalue weighted by Crippen LogP contribution is -2.17. The quantitative estimate of drug-likeness (QED) is 0.411. The van der Waals surface area contributed by atoms with Gasteiger partial charge in [0.2, 0.25) is 0 Å². The third-order valence-electron chi connectivity index (χ3n) is 5.51. The van der Waals surface area contributed by atoms with Gasteiger partial charge in [-0.3, -0.25) is 0 Å². The first-order chi connectivity index (χ1) is 16.4. The van der Waals surface area contributed by atoms with E-state index in [1.54, 1.807) is 0 Å². The molecule has 0 saturated carbocycles. The fraction of sp³-hybridized carbons (Fsp3) is 0.333. The standard InChI is InChI=1S/C27H29F3O5/c1-15(2)6-12-19-23(31)20(13-7-16(3)4)26-21(24(19)32)14-22(33-5)25(34-26)17-8-10-18(11-9-17)35-27(28,29)30/h6-11,31-32H,12-14H2,1-5H3. The van der Waals surface area contributed by atoms with E-state index in [0.29, 0.717) is 46.6 Å². The first-order valence-electron chi connectivity index (χ1n) is 11.1. The Kier molecular flexibility index (Phi) is 7.73. The Morgan fingerprint density at radius 2 is 1.51 bits per heavy atom. The van der Waals surface area contributed by atoms with Gasteiger partial charge < -0.3 is 24.4 Å². The van der Waals surface area contributed by atoms with E-state index in [1.165, 1.54) is 31.4 Å². The molecule has 1 aliphatic rings. The number of ether oxygens (including phenoxy) is 3. The van der Waals surface area contributed by atoms with Gasteiger partial charge in [-0.05, 0) is 64.8 Å². The highest BCUT2D eigenvalue weighted by molar-refractivity contribution is 5.73. The second kappa shape index (κ2) is 10.4. The van der Waals surface area contributed by atoms with Crippen molar-refractivity contribution < 1.29 is 37.6 Å². The van der Waals surface area contributed by atoms with E-state index < -0.39 is 6.36 Å². The van der Waals surface area contributed by atoms with E-state index in [9.17, 15) is 23.4 Å². The van der Waals surface area contributed by atoms with Crippen LogP contribution in [0.2, 0.25) is 0 Å². The Labute approximate surface area is 202 Å². The molecule has 3 rings (SSSR count). The maximum atomic E-state index is 12.5. The third-order valence-corrected chi connectivity index (χ3v) is 5.51. The number of phenols is 2. The van der Waals surface area contributed by atoms with Crippen molar-refractivity contribution >= 4 is 5.76 Å². The molecule has 0 saturated heterocycles. The van der Waals surface area contributed by atoms with E-state index in [4.69, 9.17) is 9.47 Å². The zero-order valence-electron chi connectivity index (χ0n) is 20.3. The Morgan fingerprint density at radius 1 is 0.943 bits per heavy atom. The summed E-state index contributed by atoms with van der Waals surface area (Å²) in [6, 6.07) is 5.23. The lowest BCUT2D eigenvalue weighted by Gasteiger charge is -2.27. The summed E-state index contributed by atoms with van der Waals surface area (Å²) in [7, 11) is 1.45. The number of fused-ring (bicyclic) bond motifs is 1. The SMILES string of the molecule is COC1=C(c2ccc(OC(F)(F)F)cc2)Oc2c(CC=C(C)C)c(O)c(CC=C(C)C)c(O)c2C1. The lowest BCUT2D eigenvalue weighted by atomic mass is 9.91. The average Bonchev–Trinajstić information content (AvgIpc) is 2.77. The molecular formula is C27H29F3O5. The van der Waals surface area contributed by atoms with Gasteiger partial charge in [0, 0.05) is 28.7 Å². The predicted molar refractivity (Wildman–Crippen MR) is 127 cm³/mol. The summed E-state index contributed by atoms with van der Waals surface area (Å²) < 4.78 is 53.3. The summed E-state index contributed by atoms with van der Waals surface area (Å²) in [6.07, 6.45) is -0.0483. The number of aromatic hydroxyl groups is 2. The van der Waals surface area contributed by atoms with Crippen molar-refractivity contribution in [3.8, 4) is 23.0 Å². The van der Waals surface area contributed by atoms with E-state index in [-0.39, 0.29) is 29.4 Å². The van der Waals surface area contributed by atoms with E-state index in [2.05, 4.69) is 4.74 Å². The van der Waals surface area contributed by atoms with Crippen molar-refractivity contribution in [3.05, 3.63) is 75.6 Å². The monoisotopic (exact) mass is 490 g/mol. The summed E-state index contributed by atoms with van der Waals surface area (Å²) in [5, 5.41) is 22.2. The second-order valence-corrected chi connectivity index (χ2v) is 8.74. The van der Waals surface area contributed by atoms with Crippen LogP contribution in [-0.4, -0.2) is 23.7 Å². The molecule has 0 atom stereocenters. The van der Waals surface area contributed by atoms with Crippen LogP contribution in [0, 0.1) is 0 Å². The molecule has 0 spiro atoms. The Hall–Kier alpha value is -3.55. The molecule has 5 nitrogen and oxygen atoms in total. The van der Waals surface area contributed by atoms with Crippen LogP contribution >= 0.6 is 0 Å². The van der Waals surface area contributed by atoms with Gasteiger partial charge in [0.05, 0.1) is 7.11 Å². The maximum Gasteiger partial charge on any atom is 0.573 e. The van der Waals surface area contributed by atoms with Crippen molar-refractivity contribution in [2.45, 2.75) is 53.3 Å². The van der Waals surface area contributed by atoms with Crippen LogP contribution in [0.25, 0.3) is 5.76 Å². The van der Waals surface area contributed by atoms with E-state index in [1.807, 2.05) is 39.8 Å². The minimum atomic E-state index is -4.79. The number of phenolic OH excluding ortho intramolecular Hbond substituents is 2. The Morgan fingerprint density at radius 3 is 2.03 bits per heavy atom. The Bertz CT molecular complexity index is 1180. The van der Waals surface area contributed by atoms with E-state index >= 15 is 0 Å². The van der Waals surface area contributed by atoms with Gasteiger partial charge in [-0.25, -0.2) is 0 Å². The largest absolute Gasteiger partial charge is 0.573 e. The fourth-order valence-corrected chi connectivity index (χ4v) is 3.75. The minimum absolute atomic E-state index is 0.0506. The van der Waals surface area contributed by atoms with Gasteiger partial charge in [-0.15, -0.1) is 13.2 Å². The van der Waals surface area contributed by atoms with Crippen molar-refractivity contribution in [2.75, 3.05) is 7.11 Å². The lowest BCUT2D eigenvalue weighted by molar-refractivity contribution is -0.274. The average molecular weight is 491 g/mol. The number of rotatable bonds is 7. The number of alkyl halides is 3. The van der Waals surface area contributed by atoms with Gasteiger partial charge in [0.15, 0.2) is 5.76 Å². The molecule has 8 heteroatoms. The molecular weight excluding hydrogens is 461 g/mol. The van der Waals surface area contributed by atoms with Crippen LogP contribution in [0.4, 0.5) is 13.2 Å². The van der Waals surface area contributed by atoms with Gasteiger partial charge in [-0.2, -0.15) is 0 Å². The van der Waals surface area contributed by atoms with Gasteiger partial charge in [-0.1, -0.05) is 23.3 Å². The number of hydrogen-bond donors (Lipinski definition) is 2. The summed E-state index contributed by atoms with van der Waals surface area (Å²) in [4.78, 5) is 0. The molecule has 0 radical (unpaired) electrons. The highest BCUT2D eigenvalue weighted by atomic mass is 19.4. The predicted octanol–water partition coefficient (Wildman–Crippen LogP) is 6.96. The van der Waals surface area contributed by atoms with Crippen LogP contribution in [0.15, 0.2) is 53.3 Å². The van der Waals surface area contributed by atoms with Crippen LogP contribution in [0.1, 0.15) is 49.9 Å². The molecule has 0 amide bonds. The number of allylic oxidation sites excluding steroid dienone is 5. The normalized spacial score (nSPS) is 13.0. The van der Waals surface area contributed by atoms with Crippen molar-refractivity contribution in [2.24, 2.45) is 0 Å². The molecule has 0 aliphatic carbocycles. The summed E-state index contributed by atoms with van der Waals surface area (Å²) >= 11 is 0. The van der Waals surface area contributed by atoms with Crippen molar-refractivity contribution in [1.82, 2.24) is 0 Å². The number of benzene rings is 2. The molecule has 0 aromatic heterocycles. The summed E-state index contributed by atoms with van der Waals surface area (Å²) in [6.45, 7) is 7.74. The Balaban J connectivity index is 2.11. The molecule has 2 aromatic carbocycles. The highest BCUT2D eigenvalue weighted by Crippen LogP contribution is 2.48. The van der Waals surface area contributed by atoms with Crippen LogP contribution in [0.5, 0.6) is 23.0 Å². The molecule has 0 unspecified atom stereocenters. The number of hydrogen-bond acceptors (Lipinski definition) is 5. The molecule has 188 valence electrons. The molecule has 2 aromatic rings. The molecule has 0 bridgehead atoms. The maximum absolute atomic E-state index is 12.5. The number of halogens is 3. The summed E-state index contributed by atoms with van der Waals surface area (Å²) in [5.41, 5.74) is 3.94. The van der Waals surface area contributed by atoms with Crippen LogP contribution in [0.3, 0.4) is 0 Å². The fourth-order valence-electron chi connectivity index (χ4n) is 3.75. The zero-order chi connectivity index (χ0) is 25.9. The zero-order valence-corrected chi connectivity index (χ0v) is 20.3. The smallest absolute Gasteiger partial charge is 0.507 e. The topological polar surface area (TPSA) is 68.2 Å². The number of methoxy groups -OCH3 is 1.